The van der Waals surface area contributed by atoms with E-state index in [-0.39, 0.29) is 17.2 Å². The van der Waals surface area contributed by atoms with E-state index >= 15 is 0 Å². The Balaban J connectivity index is 2.20. The number of nitrogens with one attached hydrogen (secondary N) is 1. The van der Waals surface area contributed by atoms with Crippen LogP contribution in [-0.4, -0.2) is 43.5 Å². The molecule has 1 atom stereocenters. The van der Waals surface area contributed by atoms with Gasteiger partial charge in [0.1, 0.15) is 5.56 Å². The summed E-state index contributed by atoms with van der Waals surface area (Å²) in [6, 6.07) is 4.48. The predicted molar refractivity (Wildman–Crippen MR) is 88.1 cm³/mol. The molecule has 1 aromatic rings. The fraction of sp³-hybridized carbons (Fsp3) is 0.500. The van der Waals surface area contributed by atoms with Gasteiger partial charge in [-0.05, 0) is 30.9 Å². The zero-order chi connectivity index (χ0) is 17.7. The van der Waals surface area contributed by atoms with Crippen molar-refractivity contribution in [1.29, 1.82) is 0 Å². The Labute approximate surface area is 139 Å². The summed E-state index contributed by atoms with van der Waals surface area (Å²) in [5.74, 6) is -0.481. The summed E-state index contributed by atoms with van der Waals surface area (Å²) in [5, 5.41) is 13.9. The van der Waals surface area contributed by atoms with Crippen molar-refractivity contribution in [2.45, 2.75) is 19.8 Å². The summed E-state index contributed by atoms with van der Waals surface area (Å²) < 4.78 is 4.65. The zero-order valence-electron chi connectivity index (χ0n) is 13.8. The van der Waals surface area contributed by atoms with Crippen LogP contribution in [-0.2, 0) is 9.53 Å². The lowest BCUT2D eigenvalue weighted by molar-refractivity contribution is -0.385. The average Bonchev–Trinajstić information content (AvgIpc) is 2.58. The molecule has 1 amide bonds. The number of piperidine rings is 1. The highest BCUT2D eigenvalue weighted by atomic mass is 16.6. The van der Waals surface area contributed by atoms with Crippen LogP contribution in [0.1, 0.15) is 30.1 Å². The van der Waals surface area contributed by atoms with Crippen molar-refractivity contribution in [3.05, 3.63) is 33.9 Å². The van der Waals surface area contributed by atoms with Gasteiger partial charge in [0.05, 0.1) is 12.0 Å². The molecule has 0 aromatic heterocycles. The first kappa shape index (κ1) is 17.7. The van der Waals surface area contributed by atoms with Crippen LogP contribution in [0, 0.1) is 16.0 Å². The molecule has 0 saturated carbocycles. The quantitative estimate of drug-likeness (QED) is 0.499. The average molecular weight is 335 g/mol. The van der Waals surface area contributed by atoms with Gasteiger partial charge in [-0.15, -0.1) is 0 Å². The minimum atomic E-state index is -0.727. The Morgan fingerprint density at radius 2 is 2.21 bits per heavy atom. The van der Waals surface area contributed by atoms with Crippen LogP contribution in [0.25, 0.3) is 0 Å². The standard InChI is InChI=1S/C16H21N3O5/c1-11(20)17-9-12-4-3-7-18(10-12)13-5-6-15(19(22)23)14(8-13)16(21)24-2/h5-6,8,12H,3-4,7,9-10H2,1-2H3,(H,17,20). The predicted octanol–water partition coefficient (Wildman–Crippen LogP) is 1.73. The molecule has 1 heterocycles. The molecule has 130 valence electrons. The molecule has 0 spiro atoms. The Hall–Kier alpha value is -2.64. The second-order valence-corrected chi connectivity index (χ2v) is 5.84. The molecule has 1 N–H and O–H groups in total. The molecule has 0 radical (unpaired) electrons. The van der Waals surface area contributed by atoms with Gasteiger partial charge >= 0.3 is 5.97 Å². The molecule has 0 bridgehead atoms. The molecule has 1 aliphatic rings. The number of nitrogens with zero attached hydrogens (tertiary/aromatic N) is 2. The summed E-state index contributed by atoms with van der Waals surface area (Å²) in [6.07, 6.45) is 1.96. The SMILES string of the molecule is COC(=O)c1cc(N2CCCC(CNC(C)=O)C2)ccc1[N+](=O)[O-]. The molecule has 2 rings (SSSR count). The maximum atomic E-state index is 11.8. The minimum Gasteiger partial charge on any atom is -0.465 e. The van der Waals surface area contributed by atoms with Crippen molar-refractivity contribution >= 4 is 23.3 Å². The molecule has 0 aliphatic carbocycles. The molecular weight excluding hydrogens is 314 g/mol. The zero-order valence-corrected chi connectivity index (χ0v) is 13.8. The maximum absolute atomic E-state index is 11.8. The summed E-state index contributed by atoms with van der Waals surface area (Å²) in [5.41, 5.74) is 0.426. The van der Waals surface area contributed by atoms with Gasteiger partial charge < -0.3 is 15.0 Å². The lowest BCUT2D eigenvalue weighted by Gasteiger charge is -2.34. The van der Waals surface area contributed by atoms with Crippen LogP contribution in [0.15, 0.2) is 18.2 Å². The highest BCUT2D eigenvalue weighted by molar-refractivity contribution is 5.95. The third-order valence-electron chi connectivity index (χ3n) is 4.11. The molecular formula is C16H21N3O5. The smallest absolute Gasteiger partial charge is 0.344 e. The Bertz CT molecular complexity index is 647. The molecule has 1 fully saturated rings. The number of ether oxygens (including phenoxy) is 1. The van der Waals surface area contributed by atoms with E-state index in [0.717, 1.165) is 31.6 Å². The number of nitro benzene ring substituents is 1. The first-order valence-electron chi connectivity index (χ1n) is 7.78. The minimum absolute atomic E-state index is 0.0519. The molecule has 24 heavy (non-hydrogen) atoms. The second-order valence-electron chi connectivity index (χ2n) is 5.84. The molecule has 1 aromatic carbocycles. The lowest BCUT2D eigenvalue weighted by atomic mass is 9.97. The third-order valence-corrected chi connectivity index (χ3v) is 4.11. The van der Waals surface area contributed by atoms with E-state index in [2.05, 4.69) is 15.0 Å². The fourth-order valence-corrected chi connectivity index (χ4v) is 2.91. The van der Waals surface area contributed by atoms with Crippen LogP contribution >= 0.6 is 0 Å². The molecule has 1 unspecified atom stereocenters. The number of anilines is 1. The highest BCUT2D eigenvalue weighted by Gasteiger charge is 2.25. The van der Waals surface area contributed by atoms with Crippen LogP contribution in [0.5, 0.6) is 0 Å². The van der Waals surface area contributed by atoms with Gasteiger partial charge in [0.2, 0.25) is 5.91 Å². The van der Waals surface area contributed by atoms with Gasteiger partial charge in [-0.2, -0.15) is 0 Å². The summed E-state index contributed by atoms with van der Waals surface area (Å²) >= 11 is 0. The van der Waals surface area contributed by atoms with Gasteiger partial charge in [-0.3, -0.25) is 14.9 Å². The first-order valence-corrected chi connectivity index (χ1v) is 7.78. The Kier molecular flexibility index (Phi) is 5.73. The van der Waals surface area contributed by atoms with Crippen LogP contribution in [0.4, 0.5) is 11.4 Å². The number of hydrogen-bond acceptors (Lipinski definition) is 6. The van der Waals surface area contributed by atoms with Crippen molar-refractivity contribution in [1.82, 2.24) is 5.32 Å². The van der Waals surface area contributed by atoms with Gasteiger partial charge in [0.25, 0.3) is 5.69 Å². The van der Waals surface area contributed by atoms with E-state index in [1.807, 2.05) is 0 Å². The number of esters is 1. The van der Waals surface area contributed by atoms with Crippen LogP contribution in [0.2, 0.25) is 0 Å². The fourth-order valence-electron chi connectivity index (χ4n) is 2.91. The van der Waals surface area contributed by atoms with E-state index in [9.17, 15) is 19.7 Å². The third kappa shape index (κ3) is 4.21. The number of rotatable bonds is 5. The number of hydrogen-bond donors (Lipinski definition) is 1. The monoisotopic (exact) mass is 335 g/mol. The lowest BCUT2D eigenvalue weighted by Crippen LogP contribution is -2.40. The molecule has 1 aliphatic heterocycles. The summed E-state index contributed by atoms with van der Waals surface area (Å²) in [7, 11) is 1.20. The van der Waals surface area contributed by atoms with Gasteiger partial charge in [0, 0.05) is 38.3 Å². The number of benzene rings is 1. The number of carbonyl (C=O) groups excluding carboxylic acids is 2. The van der Waals surface area contributed by atoms with Crippen LogP contribution < -0.4 is 10.2 Å². The Morgan fingerprint density at radius 1 is 1.46 bits per heavy atom. The van der Waals surface area contributed by atoms with Gasteiger partial charge in [0.15, 0.2) is 0 Å². The number of carbonyl (C=O) groups is 2. The topological polar surface area (TPSA) is 102 Å². The first-order chi connectivity index (χ1) is 11.4. The maximum Gasteiger partial charge on any atom is 0.344 e. The van der Waals surface area contributed by atoms with E-state index < -0.39 is 10.9 Å². The highest BCUT2D eigenvalue weighted by Crippen LogP contribution is 2.28. The normalized spacial score (nSPS) is 17.2. The van der Waals surface area contributed by atoms with E-state index in [1.165, 1.54) is 26.2 Å². The van der Waals surface area contributed by atoms with Gasteiger partial charge in [-0.25, -0.2) is 4.79 Å². The molecule has 8 heteroatoms. The molecule has 8 nitrogen and oxygen atoms in total. The van der Waals surface area contributed by atoms with Crippen molar-refractivity contribution in [3.63, 3.8) is 0 Å². The van der Waals surface area contributed by atoms with Crippen molar-refractivity contribution in [2.75, 3.05) is 31.6 Å². The number of amides is 1. The van der Waals surface area contributed by atoms with E-state index in [1.54, 1.807) is 6.07 Å². The second kappa shape index (κ2) is 7.76. The van der Waals surface area contributed by atoms with E-state index in [0.29, 0.717) is 12.5 Å². The van der Waals surface area contributed by atoms with Crippen molar-refractivity contribution < 1.29 is 19.2 Å². The largest absolute Gasteiger partial charge is 0.465 e. The number of nitro groups is 1. The summed E-state index contributed by atoms with van der Waals surface area (Å²) in [6.45, 7) is 3.61. The van der Waals surface area contributed by atoms with E-state index in [4.69, 9.17) is 0 Å². The number of methoxy groups -OCH3 is 1. The molecule has 1 saturated heterocycles. The van der Waals surface area contributed by atoms with Crippen LogP contribution in [0.3, 0.4) is 0 Å². The van der Waals surface area contributed by atoms with Crippen molar-refractivity contribution in [3.8, 4) is 0 Å². The van der Waals surface area contributed by atoms with Crippen molar-refractivity contribution in [2.24, 2.45) is 5.92 Å². The summed E-state index contributed by atoms with van der Waals surface area (Å²) in [4.78, 5) is 35.4. The van der Waals surface area contributed by atoms with Gasteiger partial charge in [-0.1, -0.05) is 0 Å². The Morgan fingerprint density at radius 3 is 2.83 bits per heavy atom.